The van der Waals surface area contributed by atoms with Gasteiger partial charge in [0.05, 0.1) is 21.7 Å². The molecule has 0 atom stereocenters. The van der Waals surface area contributed by atoms with E-state index in [2.05, 4.69) is 17.2 Å². The number of hydrogen-bond donors (Lipinski definition) is 1. The van der Waals surface area contributed by atoms with Gasteiger partial charge in [-0.1, -0.05) is 36.8 Å². The van der Waals surface area contributed by atoms with Crippen molar-refractivity contribution in [2.24, 2.45) is 0 Å². The number of aromatic nitrogens is 1. The molecule has 1 amide bonds. The van der Waals surface area contributed by atoms with Crippen molar-refractivity contribution in [3.8, 4) is 11.8 Å². The number of fused-ring (bicyclic) bond motifs is 1. The summed E-state index contributed by atoms with van der Waals surface area (Å²) in [6.45, 7) is 2.73. The number of nitriles is 1. The zero-order valence-electron chi connectivity index (χ0n) is 16.1. The van der Waals surface area contributed by atoms with Crippen LogP contribution >= 0.6 is 11.3 Å². The van der Waals surface area contributed by atoms with E-state index in [1.54, 1.807) is 24.3 Å². The number of ether oxygens (including phenoxy) is 1. The molecule has 1 heterocycles. The van der Waals surface area contributed by atoms with Crippen molar-refractivity contribution in [3.63, 3.8) is 0 Å². The zero-order valence-corrected chi connectivity index (χ0v) is 16.9. The number of nitro groups is 1. The van der Waals surface area contributed by atoms with Gasteiger partial charge in [0.2, 0.25) is 0 Å². The van der Waals surface area contributed by atoms with Gasteiger partial charge in [0.1, 0.15) is 17.4 Å². The monoisotopic (exact) mass is 422 g/mol. The molecule has 0 aliphatic heterocycles. The SMILES string of the molecule is CCCCOc1ccc(/C=C(\C#N)C(=O)Nc2nc3ccc([N+](=O)[O-])cc3s2)cc1. The van der Waals surface area contributed by atoms with E-state index in [0.29, 0.717) is 22.4 Å². The summed E-state index contributed by atoms with van der Waals surface area (Å²) in [4.78, 5) is 27.1. The second-order valence-corrected chi connectivity index (χ2v) is 7.35. The van der Waals surface area contributed by atoms with Crippen molar-refractivity contribution in [1.29, 1.82) is 5.26 Å². The first-order valence-electron chi connectivity index (χ1n) is 9.21. The smallest absolute Gasteiger partial charge is 0.270 e. The van der Waals surface area contributed by atoms with Crippen LogP contribution in [0.15, 0.2) is 48.0 Å². The van der Waals surface area contributed by atoms with Crippen LogP contribution in [0.3, 0.4) is 0 Å². The van der Waals surface area contributed by atoms with Crippen molar-refractivity contribution in [2.75, 3.05) is 11.9 Å². The maximum Gasteiger partial charge on any atom is 0.270 e. The van der Waals surface area contributed by atoms with Crippen molar-refractivity contribution >= 4 is 44.4 Å². The molecule has 0 spiro atoms. The molecule has 0 radical (unpaired) electrons. The molecule has 0 unspecified atom stereocenters. The lowest BCUT2D eigenvalue weighted by Crippen LogP contribution is -2.13. The number of nitrogens with zero attached hydrogens (tertiary/aromatic N) is 3. The van der Waals surface area contributed by atoms with Crippen molar-refractivity contribution in [1.82, 2.24) is 4.98 Å². The standard InChI is InChI=1S/C21H18N4O4S/c1-2-3-10-29-17-7-4-14(5-8-17)11-15(13-22)20(26)24-21-23-18-9-6-16(25(27)28)12-19(18)30-21/h4-9,11-12H,2-3,10H2,1H3,(H,23,24,26)/b15-11+. The Morgan fingerprint density at radius 3 is 2.77 bits per heavy atom. The van der Waals surface area contributed by atoms with Crippen LogP contribution in [-0.4, -0.2) is 22.4 Å². The number of benzene rings is 2. The molecule has 3 aromatic rings. The molecule has 0 aliphatic rings. The van der Waals surface area contributed by atoms with Gasteiger partial charge in [-0.2, -0.15) is 5.26 Å². The molecule has 0 aliphatic carbocycles. The average molecular weight is 422 g/mol. The van der Waals surface area contributed by atoms with Gasteiger partial charge in [-0.3, -0.25) is 20.2 Å². The highest BCUT2D eigenvalue weighted by atomic mass is 32.1. The molecule has 0 saturated heterocycles. The van der Waals surface area contributed by atoms with Crippen LogP contribution < -0.4 is 10.1 Å². The molecule has 8 nitrogen and oxygen atoms in total. The molecule has 9 heteroatoms. The van der Waals surface area contributed by atoms with Crippen molar-refractivity contribution in [2.45, 2.75) is 19.8 Å². The largest absolute Gasteiger partial charge is 0.494 e. The van der Waals surface area contributed by atoms with E-state index in [9.17, 15) is 20.2 Å². The molecular weight excluding hydrogens is 404 g/mol. The van der Waals surface area contributed by atoms with E-state index >= 15 is 0 Å². The van der Waals surface area contributed by atoms with Crippen LogP contribution in [0.1, 0.15) is 25.3 Å². The van der Waals surface area contributed by atoms with Gasteiger partial charge < -0.3 is 4.74 Å². The van der Waals surface area contributed by atoms with Gasteiger partial charge in [-0.05, 0) is 36.3 Å². The minimum atomic E-state index is -0.602. The maximum atomic E-state index is 12.5. The molecule has 1 N–H and O–H groups in total. The van der Waals surface area contributed by atoms with Crippen LogP contribution in [-0.2, 0) is 4.79 Å². The van der Waals surface area contributed by atoms with E-state index in [4.69, 9.17) is 4.74 Å². The number of thiazole rings is 1. The Kier molecular flexibility index (Phi) is 6.72. The summed E-state index contributed by atoms with van der Waals surface area (Å²) in [6, 6.07) is 13.3. The zero-order chi connectivity index (χ0) is 21.5. The van der Waals surface area contributed by atoms with Gasteiger partial charge >= 0.3 is 0 Å². The number of anilines is 1. The average Bonchev–Trinajstić information content (AvgIpc) is 3.14. The number of nitrogens with one attached hydrogen (secondary N) is 1. The fourth-order valence-corrected chi connectivity index (χ4v) is 3.45. The first-order chi connectivity index (χ1) is 14.5. The van der Waals surface area contributed by atoms with Gasteiger partial charge in [0, 0.05) is 12.1 Å². The van der Waals surface area contributed by atoms with Crippen LogP contribution in [0, 0.1) is 21.4 Å². The van der Waals surface area contributed by atoms with E-state index in [1.807, 2.05) is 6.07 Å². The quantitative estimate of drug-likeness (QED) is 0.181. The first-order valence-corrected chi connectivity index (χ1v) is 10.0. The molecule has 0 bridgehead atoms. The lowest BCUT2D eigenvalue weighted by atomic mass is 10.1. The first kappa shape index (κ1) is 21.0. The lowest BCUT2D eigenvalue weighted by molar-refractivity contribution is -0.384. The summed E-state index contributed by atoms with van der Waals surface area (Å²) in [6.07, 6.45) is 3.50. The molecule has 1 aromatic heterocycles. The van der Waals surface area contributed by atoms with E-state index in [0.717, 1.165) is 29.9 Å². The summed E-state index contributed by atoms with van der Waals surface area (Å²) in [5.41, 5.74) is 1.08. The minimum absolute atomic E-state index is 0.0521. The Morgan fingerprint density at radius 1 is 1.33 bits per heavy atom. The molecule has 0 saturated carbocycles. The minimum Gasteiger partial charge on any atom is -0.494 e. The normalized spacial score (nSPS) is 11.1. The number of carbonyl (C=O) groups is 1. The predicted molar refractivity (Wildman–Crippen MR) is 115 cm³/mol. The number of hydrogen-bond acceptors (Lipinski definition) is 7. The topological polar surface area (TPSA) is 118 Å². The van der Waals surface area contributed by atoms with Gasteiger partial charge in [0.25, 0.3) is 11.6 Å². The Labute approximate surface area is 176 Å². The summed E-state index contributed by atoms with van der Waals surface area (Å²) in [7, 11) is 0. The van der Waals surface area contributed by atoms with Gasteiger partial charge in [0.15, 0.2) is 5.13 Å². The highest BCUT2D eigenvalue weighted by molar-refractivity contribution is 7.22. The fourth-order valence-electron chi connectivity index (χ4n) is 2.55. The van der Waals surface area contributed by atoms with E-state index in [-0.39, 0.29) is 16.4 Å². The number of amides is 1. The number of rotatable bonds is 8. The van der Waals surface area contributed by atoms with Crippen LogP contribution in [0.4, 0.5) is 10.8 Å². The fraction of sp³-hybridized carbons (Fsp3) is 0.190. The Hall–Kier alpha value is -3.77. The number of carbonyl (C=O) groups excluding carboxylic acids is 1. The summed E-state index contributed by atoms with van der Waals surface area (Å²) in [5, 5.41) is 23.1. The number of non-ortho nitro benzene ring substituents is 1. The molecule has 152 valence electrons. The summed E-state index contributed by atoms with van der Waals surface area (Å²) < 4.78 is 6.17. The molecule has 2 aromatic carbocycles. The molecule has 3 rings (SSSR count). The van der Waals surface area contributed by atoms with Gasteiger partial charge in [-0.25, -0.2) is 4.98 Å². The van der Waals surface area contributed by atoms with Gasteiger partial charge in [-0.15, -0.1) is 0 Å². The molecule has 0 fully saturated rings. The third-order valence-electron chi connectivity index (χ3n) is 4.13. The highest BCUT2D eigenvalue weighted by Crippen LogP contribution is 2.29. The second kappa shape index (κ2) is 9.62. The maximum absolute atomic E-state index is 12.5. The van der Waals surface area contributed by atoms with Crippen LogP contribution in [0.2, 0.25) is 0 Å². The highest BCUT2D eigenvalue weighted by Gasteiger charge is 2.14. The van der Waals surface area contributed by atoms with E-state index < -0.39 is 10.8 Å². The Balaban J connectivity index is 1.72. The number of unbranched alkanes of at least 4 members (excludes halogenated alkanes) is 1. The Bertz CT molecular complexity index is 1150. The van der Waals surface area contributed by atoms with Crippen LogP contribution in [0.5, 0.6) is 5.75 Å². The summed E-state index contributed by atoms with van der Waals surface area (Å²) >= 11 is 1.10. The van der Waals surface area contributed by atoms with E-state index in [1.165, 1.54) is 24.3 Å². The van der Waals surface area contributed by atoms with Crippen LogP contribution in [0.25, 0.3) is 16.3 Å². The predicted octanol–water partition coefficient (Wildman–Crippen LogP) is 4.93. The molecular formula is C21H18N4O4S. The third kappa shape index (κ3) is 5.18. The lowest BCUT2D eigenvalue weighted by Gasteiger charge is -2.05. The third-order valence-corrected chi connectivity index (χ3v) is 5.06. The van der Waals surface area contributed by atoms with Crippen molar-refractivity contribution in [3.05, 3.63) is 63.7 Å². The Morgan fingerprint density at radius 2 is 2.10 bits per heavy atom. The molecule has 30 heavy (non-hydrogen) atoms. The summed E-state index contributed by atoms with van der Waals surface area (Å²) in [5.74, 6) is 0.126. The second-order valence-electron chi connectivity index (χ2n) is 6.32. The number of nitro benzene ring substituents is 1. The van der Waals surface area contributed by atoms with Crippen molar-refractivity contribution < 1.29 is 14.5 Å².